The van der Waals surface area contributed by atoms with Crippen LogP contribution in [0.15, 0.2) is 42.5 Å². The molecule has 0 radical (unpaired) electrons. The lowest BCUT2D eigenvalue weighted by molar-refractivity contribution is -0.137. The first kappa shape index (κ1) is 29.0. The summed E-state index contributed by atoms with van der Waals surface area (Å²) in [6.07, 6.45) is 2.97. The minimum atomic E-state index is -0.796. The van der Waals surface area contributed by atoms with Gasteiger partial charge in [0, 0.05) is 62.3 Å². The van der Waals surface area contributed by atoms with Gasteiger partial charge < -0.3 is 29.1 Å². The second-order valence-corrected chi connectivity index (χ2v) is 10.8. The normalized spacial score (nSPS) is 25.1. The van der Waals surface area contributed by atoms with E-state index in [9.17, 15) is 14.3 Å². The van der Waals surface area contributed by atoms with Crippen LogP contribution in [-0.2, 0) is 9.53 Å². The molecule has 0 amide bonds. The van der Waals surface area contributed by atoms with Crippen molar-refractivity contribution >= 4 is 17.3 Å². The second-order valence-electron chi connectivity index (χ2n) is 10.8. The first-order valence-electron chi connectivity index (χ1n) is 14.3. The van der Waals surface area contributed by atoms with Crippen molar-refractivity contribution in [2.45, 2.75) is 71.6 Å². The first-order valence-corrected chi connectivity index (χ1v) is 14.3. The molecule has 2 saturated heterocycles. The van der Waals surface area contributed by atoms with Crippen LogP contribution in [0.1, 0.15) is 53.4 Å². The van der Waals surface area contributed by atoms with Crippen molar-refractivity contribution in [3.63, 3.8) is 0 Å². The highest BCUT2D eigenvalue weighted by molar-refractivity contribution is 5.69. The average Bonchev–Trinajstić information content (AvgIpc) is 3.21. The quantitative estimate of drug-likeness (QED) is 0.330. The van der Waals surface area contributed by atoms with Crippen LogP contribution < -0.4 is 19.3 Å². The van der Waals surface area contributed by atoms with Crippen molar-refractivity contribution in [3.8, 4) is 11.5 Å². The number of carboxylic acid groups (broad SMARTS) is 1. The molecule has 0 aromatic heterocycles. The number of piperidine rings is 1. The van der Waals surface area contributed by atoms with Crippen LogP contribution in [-0.4, -0.2) is 62.2 Å². The molecule has 214 valence electrons. The maximum atomic E-state index is 14.6. The lowest BCUT2D eigenvalue weighted by atomic mass is 9.95. The highest BCUT2D eigenvalue weighted by atomic mass is 19.1. The standard InChI is InChI=1S/C31H43FN2O5/c1-5-7-16-38-30-20-34(27(22(30)4)18-31(35)36)23-8-10-24(11-9-23)39-29-14-15-33(19-21(29)3)28-17-25(37-6-2)12-13-26(28)32/h8-13,17,21-22,27,29-30H,5-7,14-16,18-20H2,1-4H3,(H,35,36)/t21?,22-,27-,29?,30-/m0/s1. The first-order chi connectivity index (χ1) is 18.8. The Bertz CT molecular complexity index is 1080. The third kappa shape index (κ3) is 7.15. The summed E-state index contributed by atoms with van der Waals surface area (Å²) in [6, 6.07) is 12.8. The van der Waals surface area contributed by atoms with E-state index in [-0.39, 0.29) is 42.3 Å². The Morgan fingerprint density at radius 1 is 1.05 bits per heavy atom. The lowest BCUT2D eigenvalue weighted by Gasteiger charge is -2.38. The molecule has 4 rings (SSSR count). The monoisotopic (exact) mass is 542 g/mol. The number of benzene rings is 2. The number of hydrogen-bond acceptors (Lipinski definition) is 6. The third-order valence-corrected chi connectivity index (χ3v) is 8.04. The van der Waals surface area contributed by atoms with Crippen molar-refractivity contribution in [3.05, 3.63) is 48.3 Å². The molecule has 2 heterocycles. The molecule has 2 aromatic carbocycles. The van der Waals surface area contributed by atoms with E-state index in [2.05, 4.69) is 30.6 Å². The molecule has 8 heteroatoms. The van der Waals surface area contributed by atoms with Gasteiger partial charge in [0.15, 0.2) is 0 Å². The maximum absolute atomic E-state index is 14.6. The van der Waals surface area contributed by atoms with Gasteiger partial charge in [-0.3, -0.25) is 4.79 Å². The van der Waals surface area contributed by atoms with E-state index in [4.69, 9.17) is 14.2 Å². The predicted molar refractivity (Wildman–Crippen MR) is 152 cm³/mol. The van der Waals surface area contributed by atoms with E-state index in [1.54, 1.807) is 12.1 Å². The molecule has 0 bridgehead atoms. The summed E-state index contributed by atoms with van der Waals surface area (Å²) in [5.41, 5.74) is 1.55. The fourth-order valence-corrected chi connectivity index (χ4v) is 5.78. The number of carbonyl (C=O) groups is 1. The van der Waals surface area contributed by atoms with E-state index in [0.717, 1.165) is 30.7 Å². The molecule has 39 heavy (non-hydrogen) atoms. The zero-order valence-electron chi connectivity index (χ0n) is 23.6. The Morgan fingerprint density at radius 2 is 1.79 bits per heavy atom. The van der Waals surface area contributed by atoms with Crippen LogP contribution >= 0.6 is 0 Å². The van der Waals surface area contributed by atoms with Gasteiger partial charge in [-0.15, -0.1) is 0 Å². The molecule has 0 spiro atoms. The molecule has 0 saturated carbocycles. The number of ether oxygens (including phenoxy) is 3. The van der Waals surface area contributed by atoms with Gasteiger partial charge in [-0.1, -0.05) is 27.2 Å². The second kappa shape index (κ2) is 13.4. The molecule has 1 N–H and O–H groups in total. The summed E-state index contributed by atoms with van der Waals surface area (Å²) in [7, 11) is 0. The molecule has 2 unspecified atom stereocenters. The van der Waals surface area contributed by atoms with Gasteiger partial charge in [-0.25, -0.2) is 4.39 Å². The zero-order valence-corrected chi connectivity index (χ0v) is 23.6. The van der Waals surface area contributed by atoms with E-state index >= 15 is 0 Å². The Balaban J connectivity index is 1.38. The minimum absolute atomic E-state index is 0.0157. The third-order valence-electron chi connectivity index (χ3n) is 8.04. The Hall–Kier alpha value is -3.00. The number of aliphatic carboxylic acids is 1. The Morgan fingerprint density at radius 3 is 2.46 bits per heavy atom. The summed E-state index contributed by atoms with van der Waals surface area (Å²) in [4.78, 5) is 15.9. The van der Waals surface area contributed by atoms with Crippen LogP contribution in [0.5, 0.6) is 11.5 Å². The number of anilines is 2. The number of hydrogen-bond donors (Lipinski definition) is 1. The molecule has 0 aliphatic carbocycles. The molecule has 7 nitrogen and oxygen atoms in total. The predicted octanol–water partition coefficient (Wildman–Crippen LogP) is 6.00. The summed E-state index contributed by atoms with van der Waals surface area (Å²) < 4.78 is 32.7. The average molecular weight is 543 g/mol. The van der Waals surface area contributed by atoms with Crippen LogP contribution in [0.4, 0.5) is 15.8 Å². The van der Waals surface area contributed by atoms with Crippen molar-refractivity contribution < 1.29 is 28.5 Å². The Kier molecular flexibility index (Phi) is 9.94. The molecule has 2 aliphatic rings. The van der Waals surface area contributed by atoms with E-state index in [1.807, 2.05) is 31.2 Å². The van der Waals surface area contributed by atoms with Crippen molar-refractivity contribution in [1.29, 1.82) is 0 Å². The highest BCUT2D eigenvalue weighted by Crippen LogP contribution is 2.35. The van der Waals surface area contributed by atoms with Crippen LogP contribution in [0.3, 0.4) is 0 Å². The van der Waals surface area contributed by atoms with Gasteiger partial charge in [-0.2, -0.15) is 0 Å². The van der Waals surface area contributed by atoms with Crippen molar-refractivity contribution in [2.24, 2.45) is 11.8 Å². The molecule has 2 aliphatic heterocycles. The van der Waals surface area contributed by atoms with Crippen LogP contribution in [0, 0.1) is 17.7 Å². The fraction of sp³-hybridized carbons (Fsp3) is 0.581. The summed E-state index contributed by atoms with van der Waals surface area (Å²) >= 11 is 0. The SMILES string of the molecule is CCCCO[C@H]1CN(c2ccc(OC3CCN(c4cc(OCC)ccc4F)CC3C)cc2)[C@@H](CC(=O)O)[C@@H]1C. The molecule has 2 aromatic rings. The lowest BCUT2D eigenvalue weighted by Crippen LogP contribution is -2.44. The zero-order chi connectivity index (χ0) is 27.9. The number of unbranched alkanes of at least 4 members (excludes halogenated alkanes) is 1. The van der Waals surface area contributed by atoms with Crippen molar-refractivity contribution in [2.75, 3.05) is 42.6 Å². The van der Waals surface area contributed by atoms with Gasteiger partial charge in [0.25, 0.3) is 0 Å². The maximum Gasteiger partial charge on any atom is 0.305 e. The molecule has 5 atom stereocenters. The largest absolute Gasteiger partial charge is 0.494 e. The molecular weight excluding hydrogens is 499 g/mol. The summed E-state index contributed by atoms with van der Waals surface area (Å²) in [5, 5.41) is 9.53. The van der Waals surface area contributed by atoms with Gasteiger partial charge in [0.05, 0.1) is 24.8 Å². The van der Waals surface area contributed by atoms with E-state index in [0.29, 0.717) is 44.3 Å². The number of halogens is 1. The summed E-state index contributed by atoms with van der Waals surface area (Å²) in [6.45, 7) is 11.6. The van der Waals surface area contributed by atoms with Gasteiger partial charge in [0.1, 0.15) is 23.4 Å². The topological polar surface area (TPSA) is 71.5 Å². The van der Waals surface area contributed by atoms with Gasteiger partial charge in [0.2, 0.25) is 0 Å². The van der Waals surface area contributed by atoms with Gasteiger partial charge in [-0.05, 0) is 49.7 Å². The highest BCUT2D eigenvalue weighted by Gasteiger charge is 2.41. The number of nitrogens with zero attached hydrogens (tertiary/aromatic N) is 2. The van der Waals surface area contributed by atoms with Crippen LogP contribution in [0.2, 0.25) is 0 Å². The smallest absolute Gasteiger partial charge is 0.305 e. The minimum Gasteiger partial charge on any atom is -0.494 e. The van der Waals surface area contributed by atoms with E-state index in [1.165, 1.54) is 6.07 Å². The van der Waals surface area contributed by atoms with Crippen LogP contribution in [0.25, 0.3) is 0 Å². The molecule has 2 fully saturated rings. The van der Waals surface area contributed by atoms with Crippen molar-refractivity contribution in [1.82, 2.24) is 0 Å². The Labute approximate surface area is 231 Å². The van der Waals surface area contributed by atoms with E-state index < -0.39 is 5.97 Å². The number of carboxylic acids is 1. The van der Waals surface area contributed by atoms with Gasteiger partial charge >= 0.3 is 5.97 Å². The summed E-state index contributed by atoms with van der Waals surface area (Å²) in [5.74, 6) is 0.753. The fourth-order valence-electron chi connectivity index (χ4n) is 5.78. The molecular formula is C31H43FN2O5. The number of rotatable bonds is 12.